The number of aliphatic imine (C=N–C) groups is 1. The number of rotatable bonds is 3. The van der Waals surface area contributed by atoms with Crippen LogP contribution >= 0.6 is 11.8 Å². The van der Waals surface area contributed by atoms with Gasteiger partial charge in [0.1, 0.15) is 4.91 Å². The van der Waals surface area contributed by atoms with Gasteiger partial charge >= 0.3 is 0 Å². The zero-order valence-electron chi connectivity index (χ0n) is 15.9. The summed E-state index contributed by atoms with van der Waals surface area (Å²) < 4.78 is 0. The molecule has 1 saturated heterocycles. The van der Waals surface area contributed by atoms with E-state index in [0.717, 1.165) is 22.6 Å². The quantitative estimate of drug-likeness (QED) is 0.542. The van der Waals surface area contributed by atoms with Crippen LogP contribution in [0.5, 0.6) is 0 Å². The third kappa shape index (κ3) is 3.29. The van der Waals surface area contributed by atoms with E-state index in [0.29, 0.717) is 16.6 Å². The summed E-state index contributed by atoms with van der Waals surface area (Å²) in [6.45, 7) is 6.27. The first-order chi connectivity index (χ1) is 13.6. The molecule has 140 valence electrons. The molecule has 0 saturated carbocycles. The Balaban J connectivity index is 1.75. The van der Waals surface area contributed by atoms with E-state index in [1.54, 1.807) is 11.0 Å². The highest BCUT2D eigenvalue weighted by molar-refractivity contribution is 8.18. The van der Waals surface area contributed by atoms with E-state index in [1.807, 2.05) is 56.4 Å². The van der Waals surface area contributed by atoms with E-state index in [2.05, 4.69) is 29.7 Å². The molecule has 1 fully saturated rings. The minimum Gasteiger partial charge on any atom is -0.343 e. The summed E-state index contributed by atoms with van der Waals surface area (Å²) in [6, 6.07) is 16.1. The molecule has 2 aliphatic rings. The van der Waals surface area contributed by atoms with Crippen LogP contribution in [0, 0.1) is 6.92 Å². The monoisotopic (exact) mass is 387 g/mol. The Morgan fingerprint density at radius 1 is 1.11 bits per heavy atom. The smallest absolute Gasteiger partial charge is 0.269 e. The van der Waals surface area contributed by atoms with Crippen molar-refractivity contribution in [1.29, 1.82) is 0 Å². The Kier molecular flexibility index (Phi) is 4.92. The predicted octanol–water partition coefficient (Wildman–Crippen LogP) is 5.12. The summed E-state index contributed by atoms with van der Waals surface area (Å²) in [7, 11) is 1.99. The molecule has 28 heavy (non-hydrogen) atoms. The number of allylic oxidation sites excluding steroid dienone is 1. The van der Waals surface area contributed by atoms with Crippen molar-refractivity contribution in [1.82, 2.24) is 4.90 Å². The number of anilines is 1. The first-order valence-electron chi connectivity index (χ1n) is 9.09. The summed E-state index contributed by atoms with van der Waals surface area (Å²) in [5.74, 6) is -0.0401. The number of nitrogens with zero attached hydrogens (tertiary/aromatic N) is 3. The summed E-state index contributed by atoms with van der Waals surface area (Å²) in [6.07, 6.45) is 5.79. The molecule has 4 rings (SSSR count). The van der Waals surface area contributed by atoms with Crippen LogP contribution in [-0.2, 0) is 4.79 Å². The molecule has 0 aliphatic carbocycles. The third-order valence-corrected chi connectivity index (χ3v) is 5.83. The molecule has 0 aromatic heterocycles. The lowest BCUT2D eigenvalue weighted by atomic mass is 10.1. The van der Waals surface area contributed by atoms with Crippen molar-refractivity contribution < 1.29 is 4.79 Å². The minimum atomic E-state index is -0.0401. The first kappa shape index (κ1) is 18.3. The number of benzene rings is 2. The molecular weight excluding hydrogens is 366 g/mol. The molecule has 0 atom stereocenters. The molecule has 2 heterocycles. The van der Waals surface area contributed by atoms with E-state index >= 15 is 0 Å². The zero-order chi connectivity index (χ0) is 19.7. The van der Waals surface area contributed by atoms with Crippen molar-refractivity contribution in [2.24, 2.45) is 4.99 Å². The molecule has 2 aromatic rings. The number of carbonyl (C=O) groups is 1. The molecule has 0 bridgehead atoms. The highest BCUT2D eigenvalue weighted by Crippen LogP contribution is 2.39. The third-order valence-electron chi connectivity index (χ3n) is 4.75. The molecule has 4 nitrogen and oxygen atoms in total. The van der Waals surface area contributed by atoms with Gasteiger partial charge in [-0.3, -0.25) is 9.69 Å². The molecule has 0 unspecified atom stereocenters. The van der Waals surface area contributed by atoms with Crippen LogP contribution in [0.3, 0.4) is 0 Å². The molecule has 0 N–H and O–H groups in total. The lowest BCUT2D eigenvalue weighted by molar-refractivity contribution is -0.121. The number of para-hydroxylation sites is 1. The number of likely N-dealkylation sites (N-methyl/N-ethyl adjacent to an activating group) is 1. The van der Waals surface area contributed by atoms with Gasteiger partial charge in [0.25, 0.3) is 5.91 Å². The predicted molar refractivity (Wildman–Crippen MR) is 119 cm³/mol. The van der Waals surface area contributed by atoms with Crippen LogP contribution in [0.2, 0.25) is 0 Å². The molecule has 5 heteroatoms. The second-order valence-electron chi connectivity index (χ2n) is 6.70. The van der Waals surface area contributed by atoms with Crippen molar-refractivity contribution in [3.05, 3.63) is 89.0 Å². The van der Waals surface area contributed by atoms with Crippen molar-refractivity contribution in [3.63, 3.8) is 0 Å². The Hall–Kier alpha value is -3.05. The van der Waals surface area contributed by atoms with E-state index in [1.165, 1.54) is 17.3 Å². The Bertz CT molecular complexity index is 1030. The van der Waals surface area contributed by atoms with Gasteiger partial charge in [-0.25, -0.2) is 4.99 Å². The average Bonchev–Trinajstić information content (AvgIpc) is 3.00. The number of amidine groups is 1. The van der Waals surface area contributed by atoms with Gasteiger partial charge in [0, 0.05) is 19.3 Å². The van der Waals surface area contributed by atoms with E-state index in [9.17, 15) is 4.79 Å². The molecular formula is C23H21N3OS. The van der Waals surface area contributed by atoms with Crippen molar-refractivity contribution in [2.45, 2.75) is 6.92 Å². The summed E-state index contributed by atoms with van der Waals surface area (Å²) in [4.78, 5) is 22.3. The van der Waals surface area contributed by atoms with E-state index in [-0.39, 0.29) is 5.91 Å². The van der Waals surface area contributed by atoms with Gasteiger partial charge in [0.05, 0.1) is 11.4 Å². The highest BCUT2D eigenvalue weighted by atomic mass is 32.2. The van der Waals surface area contributed by atoms with E-state index in [4.69, 9.17) is 4.99 Å². The molecule has 0 radical (unpaired) electrons. The highest BCUT2D eigenvalue weighted by Gasteiger charge is 2.36. The maximum Gasteiger partial charge on any atom is 0.269 e. The number of hydrogen-bond donors (Lipinski definition) is 0. The fraction of sp³-hybridized carbons (Fsp3) is 0.130. The lowest BCUT2D eigenvalue weighted by Crippen LogP contribution is -2.30. The Morgan fingerprint density at radius 2 is 1.86 bits per heavy atom. The Labute approximate surface area is 169 Å². The number of carbonyl (C=O) groups excluding carboxylic acids is 1. The van der Waals surface area contributed by atoms with Gasteiger partial charge in [-0.2, -0.15) is 0 Å². The summed E-state index contributed by atoms with van der Waals surface area (Å²) in [5.41, 5.74) is 5.12. The summed E-state index contributed by atoms with van der Waals surface area (Å²) >= 11 is 1.42. The maximum absolute atomic E-state index is 13.2. The topological polar surface area (TPSA) is 35.9 Å². The molecule has 2 aromatic carbocycles. The normalized spacial score (nSPS) is 20.1. The van der Waals surface area contributed by atoms with Gasteiger partial charge in [-0.15, -0.1) is 6.58 Å². The van der Waals surface area contributed by atoms with Crippen LogP contribution in [-0.4, -0.2) is 29.6 Å². The van der Waals surface area contributed by atoms with E-state index < -0.39 is 0 Å². The van der Waals surface area contributed by atoms with Gasteiger partial charge in [0.15, 0.2) is 5.17 Å². The second-order valence-corrected chi connectivity index (χ2v) is 7.68. The SMILES string of the molecule is C=CCN1C(=O)C(=C2C=Cc3ccccc3N2C)SC1=Nc1ccc(C)cc1. The van der Waals surface area contributed by atoms with Gasteiger partial charge in [-0.1, -0.05) is 48.0 Å². The van der Waals surface area contributed by atoms with Crippen LogP contribution < -0.4 is 4.90 Å². The Morgan fingerprint density at radius 3 is 2.61 bits per heavy atom. The number of amides is 1. The van der Waals surface area contributed by atoms with Crippen molar-refractivity contribution in [3.8, 4) is 0 Å². The van der Waals surface area contributed by atoms with Crippen LogP contribution in [0.4, 0.5) is 11.4 Å². The maximum atomic E-state index is 13.2. The van der Waals surface area contributed by atoms with Crippen LogP contribution in [0.1, 0.15) is 11.1 Å². The second kappa shape index (κ2) is 7.52. The summed E-state index contributed by atoms with van der Waals surface area (Å²) in [5, 5.41) is 0.678. The molecule has 1 amide bonds. The van der Waals surface area contributed by atoms with Gasteiger partial charge in [0.2, 0.25) is 0 Å². The van der Waals surface area contributed by atoms with Crippen LogP contribution in [0.15, 0.2) is 82.9 Å². The number of fused-ring (bicyclic) bond motifs is 1. The van der Waals surface area contributed by atoms with Gasteiger partial charge in [-0.05, 0) is 48.5 Å². The number of thioether (sulfide) groups is 1. The number of hydrogen-bond acceptors (Lipinski definition) is 4. The first-order valence-corrected chi connectivity index (χ1v) is 9.91. The van der Waals surface area contributed by atoms with Gasteiger partial charge < -0.3 is 4.90 Å². The molecule has 0 spiro atoms. The zero-order valence-corrected chi connectivity index (χ0v) is 16.7. The standard InChI is InChI=1S/C23H21N3OS/c1-4-15-26-22(27)21(28-23(26)24-18-12-9-16(2)10-13-18)20-14-11-17-7-5-6-8-19(17)25(20)3/h4-14H,1,15H2,2-3H3. The molecule has 2 aliphatic heterocycles. The number of aryl methyl sites for hydroxylation is 1. The average molecular weight is 388 g/mol. The van der Waals surface area contributed by atoms with Crippen molar-refractivity contribution >= 4 is 40.3 Å². The fourth-order valence-electron chi connectivity index (χ4n) is 3.24. The van der Waals surface area contributed by atoms with Crippen molar-refractivity contribution in [2.75, 3.05) is 18.5 Å². The largest absolute Gasteiger partial charge is 0.343 e. The van der Waals surface area contributed by atoms with Crippen LogP contribution in [0.25, 0.3) is 6.08 Å². The lowest BCUT2D eigenvalue weighted by Gasteiger charge is -2.27. The fourth-order valence-corrected chi connectivity index (χ4v) is 4.34. The minimum absolute atomic E-state index is 0.0401.